The molecule has 3 N–H and O–H groups in total. The van der Waals surface area contributed by atoms with E-state index in [4.69, 9.17) is 5.73 Å². The molecule has 0 heterocycles. The first-order valence-electron chi connectivity index (χ1n) is 5.95. The molecule has 3 nitrogen and oxygen atoms in total. The molecule has 102 valence electrons. The van der Waals surface area contributed by atoms with Gasteiger partial charge in [-0.15, -0.1) is 0 Å². The molecule has 0 radical (unpaired) electrons. The zero-order chi connectivity index (χ0) is 13.3. The van der Waals surface area contributed by atoms with E-state index in [1.807, 2.05) is 6.92 Å². The van der Waals surface area contributed by atoms with Crippen LogP contribution in [0.15, 0.2) is 0 Å². The van der Waals surface area contributed by atoms with Crippen LogP contribution in [-0.2, 0) is 4.79 Å². The first kappa shape index (κ1) is 16.2. The number of hydrogen-bond donors (Lipinski definition) is 2. The second-order valence-corrected chi connectivity index (χ2v) is 4.08. The first-order chi connectivity index (χ1) is 7.90. The Morgan fingerprint density at radius 3 is 2.47 bits per heavy atom. The SMILES string of the molecule is CCCC(CN)C(=O)NCCCCC(F)(F)F. The molecule has 0 aromatic heterocycles. The summed E-state index contributed by atoms with van der Waals surface area (Å²) < 4.78 is 35.5. The number of unbranched alkanes of at least 4 members (excludes halogenated alkanes) is 1. The minimum absolute atomic E-state index is 0.0465. The molecule has 0 saturated carbocycles. The van der Waals surface area contributed by atoms with Crippen molar-refractivity contribution in [2.75, 3.05) is 13.1 Å². The van der Waals surface area contributed by atoms with Gasteiger partial charge in [0.25, 0.3) is 0 Å². The Hall–Kier alpha value is -0.780. The van der Waals surface area contributed by atoms with Crippen molar-refractivity contribution in [2.45, 2.75) is 45.2 Å². The fourth-order valence-corrected chi connectivity index (χ4v) is 1.51. The summed E-state index contributed by atoms with van der Waals surface area (Å²) in [5.74, 6) is -0.371. The molecule has 0 bridgehead atoms. The number of nitrogens with one attached hydrogen (secondary N) is 1. The van der Waals surface area contributed by atoms with Crippen molar-refractivity contribution in [1.29, 1.82) is 0 Å². The third-order valence-electron chi connectivity index (χ3n) is 2.48. The maximum atomic E-state index is 11.8. The van der Waals surface area contributed by atoms with Crippen LogP contribution in [-0.4, -0.2) is 25.2 Å². The van der Waals surface area contributed by atoms with Crippen LogP contribution in [0.5, 0.6) is 0 Å². The second kappa shape index (κ2) is 8.33. The minimum Gasteiger partial charge on any atom is -0.356 e. The van der Waals surface area contributed by atoms with Gasteiger partial charge in [0, 0.05) is 19.5 Å². The van der Waals surface area contributed by atoms with Gasteiger partial charge in [0.15, 0.2) is 0 Å². The lowest BCUT2D eigenvalue weighted by atomic mass is 10.0. The van der Waals surface area contributed by atoms with Gasteiger partial charge in [0.05, 0.1) is 5.92 Å². The quantitative estimate of drug-likeness (QED) is 0.652. The van der Waals surface area contributed by atoms with E-state index in [0.29, 0.717) is 12.8 Å². The van der Waals surface area contributed by atoms with Crippen molar-refractivity contribution in [1.82, 2.24) is 5.32 Å². The van der Waals surface area contributed by atoms with Gasteiger partial charge in [-0.25, -0.2) is 0 Å². The van der Waals surface area contributed by atoms with Crippen molar-refractivity contribution in [3.05, 3.63) is 0 Å². The third-order valence-corrected chi connectivity index (χ3v) is 2.48. The summed E-state index contributed by atoms with van der Waals surface area (Å²) in [6.45, 7) is 2.52. The molecule has 1 amide bonds. The van der Waals surface area contributed by atoms with Gasteiger partial charge in [0.1, 0.15) is 0 Å². The first-order valence-corrected chi connectivity index (χ1v) is 5.95. The fraction of sp³-hybridized carbons (Fsp3) is 0.909. The maximum Gasteiger partial charge on any atom is 0.389 e. The Morgan fingerprint density at radius 1 is 1.35 bits per heavy atom. The van der Waals surface area contributed by atoms with Gasteiger partial charge in [0.2, 0.25) is 5.91 Å². The smallest absolute Gasteiger partial charge is 0.356 e. The molecule has 0 saturated heterocycles. The van der Waals surface area contributed by atoms with Gasteiger partial charge in [-0.1, -0.05) is 13.3 Å². The molecular formula is C11H21F3N2O. The molecule has 0 rings (SSSR count). The van der Waals surface area contributed by atoms with Gasteiger partial charge in [-0.05, 0) is 19.3 Å². The average molecular weight is 254 g/mol. The number of alkyl halides is 3. The zero-order valence-corrected chi connectivity index (χ0v) is 10.1. The lowest BCUT2D eigenvalue weighted by Gasteiger charge is -2.13. The number of rotatable bonds is 8. The van der Waals surface area contributed by atoms with E-state index in [1.165, 1.54) is 0 Å². The van der Waals surface area contributed by atoms with Crippen molar-refractivity contribution < 1.29 is 18.0 Å². The number of halogens is 3. The molecule has 0 aromatic rings. The summed E-state index contributed by atoms with van der Waals surface area (Å²) in [5.41, 5.74) is 5.44. The Labute approximate surface area is 99.9 Å². The van der Waals surface area contributed by atoms with E-state index in [-0.39, 0.29) is 31.3 Å². The van der Waals surface area contributed by atoms with Crippen molar-refractivity contribution in [3.8, 4) is 0 Å². The predicted molar refractivity (Wildman–Crippen MR) is 60.4 cm³/mol. The molecule has 17 heavy (non-hydrogen) atoms. The average Bonchev–Trinajstić information content (AvgIpc) is 2.23. The summed E-state index contributed by atoms with van der Waals surface area (Å²) >= 11 is 0. The largest absolute Gasteiger partial charge is 0.389 e. The molecule has 0 aromatic carbocycles. The van der Waals surface area contributed by atoms with Gasteiger partial charge in [-0.3, -0.25) is 4.79 Å². The summed E-state index contributed by atoms with van der Waals surface area (Å²) in [6.07, 6.45) is -2.93. The zero-order valence-electron chi connectivity index (χ0n) is 10.1. The number of carbonyl (C=O) groups excluding carboxylic acids is 1. The lowest BCUT2D eigenvalue weighted by Crippen LogP contribution is -2.35. The summed E-state index contributed by atoms with van der Waals surface area (Å²) in [7, 11) is 0. The Kier molecular flexibility index (Phi) is 7.95. The topological polar surface area (TPSA) is 55.1 Å². The second-order valence-electron chi connectivity index (χ2n) is 4.08. The van der Waals surface area contributed by atoms with E-state index >= 15 is 0 Å². The minimum atomic E-state index is -4.11. The predicted octanol–water partition coefficient (Wildman–Crippen LogP) is 2.21. The highest BCUT2D eigenvalue weighted by atomic mass is 19.4. The maximum absolute atomic E-state index is 11.8. The van der Waals surface area contributed by atoms with E-state index < -0.39 is 12.6 Å². The lowest BCUT2D eigenvalue weighted by molar-refractivity contribution is -0.135. The normalized spacial score (nSPS) is 13.5. The van der Waals surface area contributed by atoms with Crippen LogP contribution in [0.3, 0.4) is 0 Å². The van der Waals surface area contributed by atoms with Gasteiger partial charge >= 0.3 is 6.18 Å². The third kappa shape index (κ3) is 8.97. The Bertz CT molecular complexity index is 219. The summed E-state index contributed by atoms with van der Waals surface area (Å²) in [4.78, 5) is 11.5. The molecule has 1 unspecified atom stereocenters. The standard InChI is InChI=1S/C11H21F3N2O/c1-2-5-9(8-15)10(17)16-7-4-3-6-11(12,13)14/h9H,2-8,15H2,1H3,(H,16,17). The molecule has 0 aliphatic carbocycles. The highest BCUT2D eigenvalue weighted by Crippen LogP contribution is 2.21. The number of hydrogen-bond acceptors (Lipinski definition) is 2. The molecule has 1 atom stereocenters. The van der Waals surface area contributed by atoms with E-state index in [9.17, 15) is 18.0 Å². The Morgan fingerprint density at radius 2 is 2.00 bits per heavy atom. The molecular weight excluding hydrogens is 233 g/mol. The van der Waals surface area contributed by atoms with Crippen LogP contribution in [0.2, 0.25) is 0 Å². The molecule has 0 aliphatic heterocycles. The highest BCUT2D eigenvalue weighted by molar-refractivity contribution is 5.78. The molecule has 0 aliphatic rings. The number of carbonyl (C=O) groups is 1. The Balaban J connectivity index is 3.63. The van der Waals surface area contributed by atoms with Crippen molar-refractivity contribution in [2.24, 2.45) is 11.7 Å². The molecule has 0 spiro atoms. The highest BCUT2D eigenvalue weighted by Gasteiger charge is 2.25. The van der Waals surface area contributed by atoms with Crippen LogP contribution < -0.4 is 11.1 Å². The summed E-state index contributed by atoms with van der Waals surface area (Å²) in [6, 6.07) is 0. The number of amides is 1. The van der Waals surface area contributed by atoms with Crippen LogP contribution in [0.25, 0.3) is 0 Å². The van der Waals surface area contributed by atoms with Crippen molar-refractivity contribution in [3.63, 3.8) is 0 Å². The van der Waals surface area contributed by atoms with Crippen LogP contribution in [0.4, 0.5) is 13.2 Å². The van der Waals surface area contributed by atoms with E-state index in [1.54, 1.807) is 0 Å². The van der Waals surface area contributed by atoms with Crippen LogP contribution in [0, 0.1) is 5.92 Å². The number of nitrogens with two attached hydrogens (primary N) is 1. The van der Waals surface area contributed by atoms with Gasteiger partial charge in [-0.2, -0.15) is 13.2 Å². The van der Waals surface area contributed by atoms with E-state index in [0.717, 1.165) is 6.42 Å². The van der Waals surface area contributed by atoms with Crippen LogP contribution in [0.1, 0.15) is 39.0 Å². The van der Waals surface area contributed by atoms with Crippen LogP contribution >= 0.6 is 0 Å². The van der Waals surface area contributed by atoms with Crippen molar-refractivity contribution >= 4 is 5.91 Å². The van der Waals surface area contributed by atoms with Gasteiger partial charge < -0.3 is 11.1 Å². The molecule has 0 fully saturated rings. The monoisotopic (exact) mass is 254 g/mol. The fourth-order valence-electron chi connectivity index (χ4n) is 1.51. The summed E-state index contributed by atoms with van der Waals surface area (Å²) in [5, 5.41) is 2.62. The molecule has 6 heteroatoms. The van der Waals surface area contributed by atoms with E-state index in [2.05, 4.69) is 5.32 Å².